The van der Waals surface area contributed by atoms with Crippen molar-refractivity contribution in [2.24, 2.45) is 5.92 Å². The van der Waals surface area contributed by atoms with E-state index in [1.54, 1.807) is 24.3 Å². The first-order valence-electron chi connectivity index (χ1n) is 4.84. The van der Waals surface area contributed by atoms with Gasteiger partial charge in [-0.3, -0.25) is 9.27 Å². The highest BCUT2D eigenvalue weighted by molar-refractivity contribution is 7.80. The zero-order chi connectivity index (χ0) is 10.7. The molecule has 0 amide bonds. The molecule has 82 valence electrons. The maximum atomic E-state index is 10.4. The molecule has 4 nitrogen and oxygen atoms in total. The molecule has 5 heteroatoms. The summed E-state index contributed by atoms with van der Waals surface area (Å²) in [6.07, 6.45) is 2.53. The fraction of sp³-hybridized carbons (Fsp3) is 0.400. The first kappa shape index (κ1) is 10.4. The van der Waals surface area contributed by atoms with Gasteiger partial charge in [0.1, 0.15) is 5.75 Å². The summed E-state index contributed by atoms with van der Waals surface area (Å²) in [5, 5.41) is 0. The van der Waals surface area contributed by atoms with Crippen molar-refractivity contribution in [2.45, 2.75) is 12.8 Å². The third kappa shape index (κ3) is 3.53. The fourth-order valence-electron chi connectivity index (χ4n) is 1.22. The van der Waals surface area contributed by atoms with Gasteiger partial charge in [0, 0.05) is 5.69 Å². The maximum Gasteiger partial charge on any atom is 0.259 e. The molecule has 0 spiro atoms. The van der Waals surface area contributed by atoms with Crippen molar-refractivity contribution in [2.75, 3.05) is 11.3 Å². The Kier molecular flexibility index (Phi) is 3.23. The summed E-state index contributed by atoms with van der Waals surface area (Å²) in [6.45, 7) is 0.776. The van der Waals surface area contributed by atoms with E-state index in [0.29, 0.717) is 5.69 Å². The van der Waals surface area contributed by atoms with Gasteiger partial charge in [-0.1, -0.05) is 0 Å². The van der Waals surface area contributed by atoms with Crippen LogP contribution in [0.15, 0.2) is 24.3 Å². The lowest BCUT2D eigenvalue weighted by Crippen LogP contribution is -2.02. The number of rotatable bonds is 5. The van der Waals surface area contributed by atoms with E-state index in [9.17, 15) is 4.21 Å². The Morgan fingerprint density at radius 1 is 1.40 bits per heavy atom. The van der Waals surface area contributed by atoms with Crippen LogP contribution in [0.1, 0.15) is 12.8 Å². The first-order valence-corrected chi connectivity index (χ1v) is 5.95. The zero-order valence-corrected chi connectivity index (χ0v) is 9.00. The second-order valence-corrected chi connectivity index (χ2v) is 4.33. The van der Waals surface area contributed by atoms with E-state index in [1.165, 1.54) is 12.8 Å². The third-order valence-electron chi connectivity index (χ3n) is 2.24. The lowest BCUT2D eigenvalue weighted by atomic mass is 10.3. The largest absolute Gasteiger partial charge is 0.493 e. The predicted molar refractivity (Wildman–Crippen MR) is 59.1 cm³/mol. The smallest absolute Gasteiger partial charge is 0.259 e. The number of nitrogens with one attached hydrogen (secondary N) is 1. The summed E-state index contributed by atoms with van der Waals surface area (Å²) in [7, 11) is 0. The van der Waals surface area contributed by atoms with E-state index in [2.05, 4.69) is 4.72 Å². The van der Waals surface area contributed by atoms with Crippen molar-refractivity contribution in [3.05, 3.63) is 24.3 Å². The highest BCUT2D eigenvalue weighted by Gasteiger charge is 2.21. The molecule has 1 aliphatic rings. The molecule has 1 aromatic rings. The van der Waals surface area contributed by atoms with Gasteiger partial charge < -0.3 is 4.74 Å². The van der Waals surface area contributed by atoms with Crippen LogP contribution in [0.3, 0.4) is 0 Å². The van der Waals surface area contributed by atoms with E-state index >= 15 is 0 Å². The number of hydrogen-bond donors (Lipinski definition) is 2. The van der Waals surface area contributed by atoms with Gasteiger partial charge in [0.15, 0.2) is 0 Å². The van der Waals surface area contributed by atoms with Crippen LogP contribution in [-0.2, 0) is 11.3 Å². The molecule has 0 heterocycles. The minimum atomic E-state index is -2.02. The monoisotopic (exact) mass is 227 g/mol. The molecule has 0 aromatic heterocycles. The molecular weight excluding hydrogens is 214 g/mol. The van der Waals surface area contributed by atoms with E-state index in [-0.39, 0.29) is 0 Å². The molecule has 1 fully saturated rings. The minimum Gasteiger partial charge on any atom is -0.493 e. The molecular formula is C10H13NO3S. The first-order chi connectivity index (χ1) is 7.24. The minimum absolute atomic E-state index is 0.606. The predicted octanol–water partition coefficient (Wildman–Crippen LogP) is 2.02. The lowest BCUT2D eigenvalue weighted by molar-refractivity contribution is 0.300. The quantitative estimate of drug-likeness (QED) is 0.757. The number of anilines is 1. The lowest BCUT2D eigenvalue weighted by Gasteiger charge is -2.06. The number of benzene rings is 1. The van der Waals surface area contributed by atoms with Crippen LogP contribution in [0.2, 0.25) is 0 Å². The van der Waals surface area contributed by atoms with Crippen LogP contribution in [0.25, 0.3) is 0 Å². The van der Waals surface area contributed by atoms with Crippen molar-refractivity contribution in [1.82, 2.24) is 0 Å². The van der Waals surface area contributed by atoms with Crippen LogP contribution >= 0.6 is 0 Å². The molecule has 0 bridgehead atoms. The van der Waals surface area contributed by atoms with Gasteiger partial charge in [-0.2, -0.15) is 0 Å². The molecule has 2 N–H and O–H groups in total. The zero-order valence-electron chi connectivity index (χ0n) is 8.18. The highest BCUT2D eigenvalue weighted by Crippen LogP contribution is 2.29. The Labute approximate surface area is 91.1 Å². The summed E-state index contributed by atoms with van der Waals surface area (Å²) in [6, 6.07) is 7.02. The van der Waals surface area contributed by atoms with Gasteiger partial charge in [-0.25, -0.2) is 4.21 Å². The van der Waals surface area contributed by atoms with Gasteiger partial charge in [-0.05, 0) is 43.0 Å². The van der Waals surface area contributed by atoms with Gasteiger partial charge in [0.05, 0.1) is 6.61 Å². The Balaban J connectivity index is 1.87. The molecule has 1 saturated carbocycles. The number of hydrogen-bond acceptors (Lipinski definition) is 2. The van der Waals surface area contributed by atoms with Crippen molar-refractivity contribution in [1.29, 1.82) is 0 Å². The second kappa shape index (κ2) is 4.63. The highest BCUT2D eigenvalue weighted by atomic mass is 32.2. The summed E-state index contributed by atoms with van der Waals surface area (Å²) < 4.78 is 26.9. The maximum absolute atomic E-state index is 10.4. The summed E-state index contributed by atoms with van der Waals surface area (Å²) in [4.78, 5) is 0. The van der Waals surface area contributed by atoms with E-state index in [0.717, 1.165) is 18.3 Å². The second-order valence-electron chi connectivity index (χ2n) is 3.63. The molecule has 1 aliphatic carbocycles. The number of ether oxygens (including phenoxy) is 1. The van der Waals surface area contributed by atoms with E-state index in [4.69, 9.17) is 9.29 Å². The topological polar surface area (TPSA) is 58.6 Å². The Morgan fingerprint density at radius 2 is 2.07 bits per heavy atom. The van der Waals surface area contributed by atoms with Crippen LogP contribution < -0.4 is 9.46 Å². The van der Waals surface area contributed by atoms with E-state index < -0.39 is 11.3 Å². The van der Waals surface area contributed by atoms with Gasteiger partial charge in [0.2, 0.25) is 0 Å². The molecule has 0 saturated heterocycles. The molecule has 1 unspecified atom stereocenters. The van der Waals surface area contributed by atoms with Crippen LogP contribution in [0.4, 0.5) is 5.69 Å². The third-order valence-corrected chi connectivity index (χ3v) is 2.65. The molecule has 1 aromatic carbocycles. The van der Waals surface area contributed by atoms with Gasteiger partial charge in [0.25, 0.3) is 11.3 Å². The molecule has 15 heavy (non-hydrogen) atoms. The standard InChI is InChI=1S/C10H13NO3S/c12-15(13)11-9-3-5-10(6-4-9)14-7-8-1-2-8/h3-6,8,11H,1-2,7H2,(H,12,13). The summed E-state index contributed by atoms with van der Waals surface area (Å²) >= 11 is -2.02. The average molecular weight is 227 g/mol. The van der Waals surface area contributed by atoms with Crippen LogP contribution in [0, 0.1) is 5.92 Å². The normalized spacial score (nSPS) is 17.1. The Hall–Kier alpha value is -1.07. The molecule has 0 aliphatic heterocycles. The van der Waals surface area contributed by atoms with Crippen molar-refractivity contribution in [3.63, 3.8) is 0 Å². The van der Waals surface area contributed by atoms with Crippen molar-refractivity contribution in [3.8, 4) is 5.75 Å². The van der Waals surface area contributed by atoms with Crippen LogP contribution in [-0.4, -0.2) is 15.4 Å². The summed E-state index contributed by atoms with van der Waals surface area (Å²) in [5.74, 6) is 1.53. The van der Waals surface area contributed by atoms with Gasteiger partial charge >= 0.3 is 0 Å². The van der Waals surface area contributed by atoms with Crippen molar-refractivity contribution < 1.29 is 13.5 Å². The Bertz CT molecular complexity index is 348. The SMILES string of the molecule is O=S(O)Nc1ccc(OCC2CC2)cc1. The molecule has 1 atom stereocenters. The summed E-state index contributed by atoms with van der Waals surface area (Å²) in [5.41, 5.74) is 0.606. The average Bonchev–Trinajstić information content (AvgIpc) is 2.99. The fourth-order valence-corrected chi connectivity index (χ4v) is 1.56. The molecule has 2 rings (SSSR count). The van der Waals surface area contributed by atoms with Crippen molar-refractivity contribution >= 4 is 17.0 Å². The molecule has 0 radical (unpaired) electrons. The van der Waals surface area contributed by atoms with Gasteiger partial charge in [-0.15, -0.1) is 0 Å². The van der Waals surface area contributed by atoms with Crippen LogP contribution in [0.5, 0.6) is 5.75 Å². The Morgan fingerprint density at radius 3 is 2.60 bits per heavy atom. The van der Waals surface area contributed by atoms with E-state index in [1.807, 2.05) is 0 Å².